The van der Waals surface area contributed by atoms with Crippen molar-refractivity contribution in [1.82, 2.24) is 5.32 Å². The molecule has 1 aromatic carbocycles. The molecule has 0 fully saturated rings. The topological polar surface area (TPSA) is 64.3 Å². The van der Waals surface area contributed by atoms with Gasteiger partial charge < -0.3 is 10.5 Å². The minimum Gasteiger partial charge on any atom is -0.383 e. The number of benzene rings is 1. The van der Waals surface area contributed by atoms with Gasteiger partial charge in [0, 0.05) is 13.7 Å². The third kappa shape index (κ3) is 3.09. The van der Waals surface area contributed by atoms with Gasteiger partial charge >= 0.3 is 0 Å². The van der Waals surface area contributed by atoms with E-state index in [4.69, 9.17) is 10.5 Å². The van der Waals surface area contributed by atoms with Crippen LogP contribution in [-0.2, 0) is 15.1 Å². The zero-order chi connectivity index (χ0) is 13.6. The number of nitrogens with two attached hydrogens (primary N) is 1. The third-order valence-corrected chi connectivity index (χ3v) is 3.23. The number of hydrogen-bond donors (Lipinski definition) is 2. The van der Waals surface area contributed by atoms with Gasteiger partial charge in [-0.15, -0.1) is 0 Å². The van der Waals surface area contributed by atoms with Crippen molar-refractivity contribution in [3.8, 4) is 0 Å². The van der Waals surface area contributed by atoms with E-state index >= 15 is 0 Å². The summed E-state index contributed by atoms with van der Waals surface area (Å²) in [5.74, 6) is -0.357. The lowest BCUT2D eigenvalue weighted by Crippen LogP contribution is -2.53. The molecule has 0 saturated carbocycles. The van der Waals surface area contributed by atoms with Gasteiger partial charge in [0.1, 0.15) is 5.54 Å². The van der Waals surface area contributed by atoms with Gasteiger partial charge in [-0.1, -0.05) is 36.8 Å². The fourth-order valence-electron chi connectivity index (χ4n) is 2.04. The van der Waals surface area contributed by atoms with Crippen molar-refractivity contribution in [2.75, 3.05) is 20.3 Å². The summed E-state index contributed by atoms with van der Waals surface area (Å²) < 4.78 is 5.00. The molecular weight excluding hydrogens is 228 g/mol. The second-order valence-corrected chi connectivity index (χ2v) is 4.41. The third-order valence-electron chi connectivity index (χ3n) is 3.23. The molecule has 1 atom stereocenters. The molecule has 0 aliphatic carbocycles. The van der Waals surface area contributed by atoms with Crippen LogP contribution in [0, 0.1) is 6.92 Å². The molecule has 0 aliphatic heterocycles. The van der Waals surface area contributed by atoms with Crippen molar-refractivity contribution in [2.24, 2.45) is 5.73 Å². The van der Waals surface area contributed by atoms with Crippen LogP contribution in [0.25, 0.3) is 0 Å². The van der Waals surface area contributed by atoms with Crippen LogP contribution >= 0.6 is 0 Å². The van der Waals surface area contributed by atoms with E-state index in [0.717, 1.165) is 11.1 Å². The minimum absolute atomic E-state index is 0.357. The maximum absolute atomic E-state index is 11.9. The average molecular weight is 250 g/mol. The van der Waals surface area contributed by atoms with Gasteiger partial charge in [-0.3, -0.25) is 10.1 Å². The van der Waals surface area contributed by atoms with Gasteiger partial charge in [-0.05, 0) is 18.9 Å². The molecule has 1 unspecified atom stereocenters. The molecule has 3 N–H and O–H groups in total. The summed E-state index contributed by atoms with van der Waals surface area (Å²) in [7, 11) is 1.63. The Kier molecular flexibility index (Phi) is 5.31. The van der Waals surface area contributed by atoms with Gasteiger partial charge in [-0.2, -0.15) is 0 Å². The van der Waals surface area contributed by atoms with Crippen LogP contribution in [0.1, 0.15) is 24.5 Å². The maximum atomic E-state index is 11.9. The van der Waals surface area contributed by atoms with Crippen LogP contribution in [0.2, 0.25) is 0 Å². The van der Waals surface area contributed by atoms with Crippen molar-refractivity contribution in [2.45, 2.75) is 25.8 Å². The highest BCUT2D eigenvalue weighted by Gasteiger charge is 2.35. The van der Waals surface area contributed by atoms with Crippen LogP contribution in [-0.4, -0.2) is 26.2 Å². The van der Waals surface area contributed by atoms with E-state index in [9.17, 15) is 4.79 Å². The largest absolute Gasteiger partial charge is 0.383 e. The minimum atomic E-state index is -0.813. The first-order chi connectivity index (χ1) is 8.56. The first-order valence-electron chi connectivity index (χ1n) is 6.18. The molecule has 0 aliphatic rings. The normalized spacial score (nSPS) is 14.2. The van der Waals surface area contributed by atoms with Crippen LogP contribution in [0.5, 0.6) is 0 Å². The number of hydrogen-bond acceptors (Lipinski definition) is 3. The highest BCUT2D eigenvalue weighted by Crippen LogP contribution is 2.25. The molecule has 100 valence electrons. The Balaban J connectivity index is 3.02. The number of aryl methyl sites for hydroxylation is 1. The van der Waals surface area contributed by atoms with E-state index in [0.29, 0.717) is 19.6 Å². The van der Waals surface area contributed by atoms with E-state index in [1.165, 1.54) is 0 Å². The van der Waals surface area contributed by atoms with Gasteiger partial charge in [0.2, 0.25) is 5.91 Å². The number of nitrogens with one attached hydrogen (secondary N) is 1. The molecular formula is C14H22N2O2. The van der Waals surface area contributed by atoms with Gasteiger partial charge in [0.25, 0.3) is 0 Å². The van der Waals surface area contributed by atoms with E-state index in [-0.39, 0.29) is 5.91 Å². The number of amides is 1. The zero-order valence-electron chi connectivity index (χ0n) is 11.3. The van der Waals surface area contributed by atoms with Gasteiger partial charge in [0.05, 0.1) is 6.61 Å². The number of ether oxygens (including phenoxy) is 1. The van der Waals surface area contributed by atoms with Crippen molar-refractivity contribution in [3.63, 3.8) is 0 Å². The van der Waals surface area contributed by atoms with Crippen LogP contribution in [0.15, 0.2) is 24.3 Å². The Morgan fingerprint density at radius 2 is 2.00 bits per heavy atom. The van der Waals surface area contributed by atoms with Crippen LogP contribution < -0.4 is 11.1 Å². The van der Waals surface area contributed by atoms with Crippen molar-refractivity contribution in [1.29, 1.82) is 0 Å². The Hall–Kier alpha value is -1.39. The molecule has 4 heteroatoms. The average Bonchev–Trinajstić information content (AvgIpc) is 2.36. The second kappa shape index (κ2) is 6.52. The summed E-state index contributed by atoms with van der Waals surface area (Å²) in [4.78, 5) is 11.9. The second-order valence-electron chi connectivity index (χ2n) is 4.41. The summed E-state index contributed by atoms with van der Waals surface area (Å²) >= 11 is 0. The van der Waals surface area contributed by atoms with Crippen LogP contribution in [0.4, 0.5) is 0 Å². The lowest BCUT2D eigenvalue weighted by atomic mass is 9.86. The van der Waals surface area contributed by atoms with Gasteiger partial charge in [0.15, 0.2) is 0 Å². The summed E-state index contributed by atoms with van der Waals surface area (Å²) in [6, 6.07) is 7.87. The Morgan fingerprint density at radius 1 is 1.39 bits per heavy atom. The van der Waals surface area contributed by atoms with Crippen molar-refractivity contribution in [3.05, 3.63) is 35.4 Å². The quantitative estimate of drug-likeness (QED) is 0.717. The van der Waals surface area contributed by atoms with Crippen molar-refractivity contribution < 1.29 is 9.53 Å². The molecule has 0 radical (unpaired) electrons. The van der Waals surface area contributed by atoms with E-state index < -0.39 is 5.54 Å². The molecule has 0 spiro atoms. The number of primary amides is 1. The SMILES string of the molecule is CCC(NCCOC)(C(N)=O)c1ccc(C)cc1. The Bertz CT molecular complexity index is 389. The number of carbonyl (C=O) groups is 1. The number of carbonyl (C=O) groups excluding carboxylic acids is 1. The molecule has 1 aromatic rings. The number of methoxy groups -OCH3 is 1. The van der Waals surface area contributed by atoms with Crippen molar-refractivity contribution >= 4 is 5.91 Å². The van der Waals surface area contributed by atoms with Gasteiger partial charge in [-0.25, -0.2) is 0 Å². The lowest BCUT2D eigenvalue weighted by molar-refractivity contribution is -0.125. The Labute approximate surface area is 109 Å². The lowest BCUT2D eigenvalue weighted by Gasteiger charge is -2.31. The molecule has 1 amide bonds. The standard InChI is InChI=1S/C14H22N2O2/c1-4-14(13(15)17,16-9-10-18-3)12-7-5-11(2)6-8-12/h5-8,16H,4,9-10H2,1-3H3,(H2,15,17). The first kappa shape index (κ1) is 14.7. The smallest absolute Gasteiger partial charge is 0.242 e. The van der Waals surface area contributed by atoms with Crippen LogP contribution in [0.3, 0.4) is 0 Å². The molecule has 1 rings (SSSR count). The zero-order valence-corrected chi connectivity index (χ0v) is 11.3. The summed E-state index contributed by atoms with van der Waals surface area (Å²) in [6.07, 6.45) is 0.606. The predicted molar refractivity (Wildman–Crippen MR) is 72.2 cm³/mol. The highest BCUT2D eigenvalue weighted by atomic mass is 16.5. The monoisotopic (exact) mass is 250 g/mol. The summed E-state index contributed by atoms with van der Waals surface area (Å²) in [6.45, 7) is 5.09. The summed E-state index contributed by atoms with van der Waals surface area (Å²) in [5.41, 5.74) is 6.84. The molecule has 0 bridgehead atoms. The molecule has 18 heavy (non-hydrogen) atoms. The first-order valence-corrected chi connectivity index (χ1v) is 6.18. The molecule has 0 heterocycles. The molecule has 4 nitrogen and oxygen atoms in total. The van der Waals surface area contributed by atoms with E-state index in [1.807, 2.05) is 38.1 Å². The molecule has 0 saturated heterocycles. The summed E-state index contributed by atoms with van der Waals surface area (Å²) in [5, 5.41) is 3.22. The number of rotatable bonds is 7. The van der Waals surface area contributed by atoms with E-state index in [1.54, 1.807) is 7.11 Å². The Morgan fingerprint density at radius 3 is 2.44 bits per heavy atom. The predicted octanol–water partition coefficient (Wildman–Crippen LogP) is 1.32. The highest BCUT2D eigenvalue weighted by molar-refractivity contribution is 5.86. The van der Waals surface area contributed by atoms with E-state index in [2.05, 4.69) is 5.32 Å². The fourth-order valence-corrected chi connectivity index (χ4v) is 2.04. The molecule has 0 aromatic heterocycles. The maximum Gasteiger partial charge on any atom is 0.242 e. The fraction of sp³-hybridized carbons (Fsp3) is 0.500.